The second-order valence-electron chi connectivity index (χ2n) is 10.8. The normalized spacial score (nSPS) is 12.9. The molecule has 0 aromatic heterocycles. The van der Waals surface area contributed by atoms with Gasteiger partial charge in [-0.2, -0.15) is 0 Å². The first-order chi connectivity index (χ1) is 17.9. The number of carbonyl (C=O) groups excluding carboxylic acids is 3. The fourth-order valence-corrected chi connectivity index (χ4v) is 4.07. The highest BCUT2D eigenvalue weighted by Crippen LogP contribution is 2.27. The van der Waals surface area contributed by atoms with Gasteiger partial charge in [0, 0.05) is 13.1 Å². The van der Waals surface area contributed by atoms with Crippen molar-refractivity contribution in [3.05, 3.63) is 65.7 Å². The van der Waals surface area contributed by atoms with Crippen molar-refractivity contribution >= 4 is 17.9 Å². The van der Waals surface area contributed by atoms with E-state index < -0.39 is 23.8 Å². The van der Waals surface area contributed by atoms with E-state index in [0.717, 1.165) is 18.4 Å². The molecule has 0 radical (unpaired) electrons. The zero-order valence-electron chi connectivity index (χ0n) is 23.5. The molecule has 0 heterocycles. The summed E-state index contributed by atoms with van der Waals surface area (Å²) in [6.45, 7) is 11.6. The number of alkyl carbamates (subject to hydrolysis) is 1. The Morgan fingerprint density at radius 3 is 2.26 bits per heavy atom. The maximum atomic E-state index is 14.1. The molecule has 8 nitrogen and oxygen atoms in total. The summed E-state index contributed by atoms with van der Waals surface area (Å²) in [5.41, 5.74) is 0.683. The number of nitrogens with zero attached hydrogens (tertiary/aromatic N) is 1. The lowest BCUT2D eigenvalue weighted by Crippen LogP contribution is -2.55. The number of rotatable bonds is 12. The van der Waals surface area contributed by atoms with Gasteiger partial charge in [-0.1, -0.05) is 76.1 Å². The molecule has 2 unspecified atom stereocenters. The quantitative estimate of drug-likeness (QED) is 0.325. The summed E-state index contributed by atoms with van der Waals surface area (Å²) in [6.07, 6.45) is 1.79. The molecular formula is C30H43N3O5. The van der Waals surface area contributed by atoms with Crippen LogP contribution in [0.5, 0.6) is 5.75 Å². The lowest BCUT2D eigenvalue weighted by Gasteiger charge is -2.35. The third-order valence-corrected chi connectivity index (χ3v) is 5.95. The fraction of sp³-hybridized carbons (Fsp3) is 0.500. The number of unbranched alkanes of at least 4 members (excludes halogenated alkanes) is 2. The number of carbonyl (C=O) groups is 3. The van der Waals surface area contributed by atoms with E-state index in [4.69, 9.17) is 4.74 Å². The van der Waals surface area contributed by atoms with Gasteiger partial charge in [0.25, 0.3) is 0 Å². The van der Waals surface area contributed by atoms with E-state index in [0.29, 0.717) is 18.5 Å². The zero-order chi connectivity index (χ0) is 28.3. The molecule has 0 aliphatic carbocycles. The number of hydrogen-bond donors (Lipinski definition) is 3. The van der Waals surface area contributed by atoms with E-state index >= 15 is 0 Å². The molecular weight excluding hydrogens is 482 g/mol. The lowest BCUT2D eigenvalue weighted by atomic mass is 9.98. The molecule has 38 heavy (non-hydrogen) atoms. The van der Waals surface area contributed by atoms with Crippen molar-refractivity contribution in [3.8, 4) is 5.75 Å². The molecule has 0 saturated carbocycles. The van der Waals surface area contributed by atoms with Crippen molar-refractivity contribution in [3.63, 3.8) is 0 Å². The highest BCUT2D eigenvalue weighted by Gasteiger charge is 2.37. The van der Waals surface area contributed by atoms with Crippen LogP contribution >= 0.6 is 0 Å². The van der Waals surface area contributed by atoms with Gasteiger partial charge in [-0.25, -0.2) is 4.79 Å². The van der Waals surface area contributed by atoms with Gasteiger partial charge >= 0.3 is 6.09 Å². The smallest absolute Gasteiger partial charge is 0.408 e. The molecule has 208 valence electrons. The highest BCUT2D eigenvalue weighted by atomic mass is 16.6. The van der Waals surface area contributed by atoms with Gasteiger partial charge in [-0.3, -0.25) is 9.59 Å². The first-order valence-corrected chi connectivity index (χ1v) is 13.3. The van der Waals surface area contributed by atoms with Gasteiger partial charge < -0.3 is 25.4 Å². The van der Waals surface area contributed by atoms with Crippen molar-refractivity contribution in [2.45, 2.75) is 85.0 Å². The predicted molar refractivity (Wildman–Crippen MR) is 148 cm³/mol. The molecule has 0 bridgehead atoms. The third-order valence-electron chi connectivity index (χ3n) is 5.95. The van der Waals surface area contributed by atoms with Crippen molar-refractivity contribution in [1.29, 1.82) is 0 Å². The maximum absolute atomic E-state index is 14.1. The fourth-order valence-electron chi connectivity index (χ4n) is 4.07. The first kappa shape index (κ1) is 30.7. The topological polar surface area (TPSA) is 108 Å². The summed E-state index contributed by atoms with van der Waals surface area (Å²) in [6, 6.07) is 14.0. The van der Waals surface area contributed by atoms with Crippen LogP contribution in [0.4, 0.5) is 4.79 Å². The van der Waals surface area contributed by atoms with Crippen molar-refractivity contribution in [2.75, 3.05) is 6.54 Å². The van der Waals surface area contributed by atoms with Crippen LogP contribution in [0.1, 0.15) is 78.0 Å². The molecule has 2 rings (SSSR count). The molecule has 2 atom stereocenters. The number of phenols is 1. The molecule has 0 spiro atoms. The molecule has 0 aliphatic heterocycles. The Labute approximate surface area is 226 Å². The molecule has 2 aromatic rings. The van der Waals surface area contributed by atoms with E-state index in [1.165, 1.54) is 17.0 Å². The van der Waals surface area contributed by atoms with Gasteiger partial charge in [0.1, 0.15) is 23.4 Å². The van der Waals surface area contributed by atoms with Crippen LogP contribution in [0.25, 0.3) is 0 Å². The van der Waals surface area contributed by atoms with Crippen LogP contribution in [-0.2, 0) is 20.9 Å². The van der Waals surface area contributed by atoms with Crippen LogP contribution in [0.3, 0.4) is 0 Å². The summed E-state index contributed by atoms with van der Waals surface area (Å²) < 4.78 is 5.41. The number of ether oxygens (including phenoxy) is 1. The second kappa shape index (κ2) is 14.4. The Bertz CT molecular complexity index is 1050. The van der Waals surface area contributed by atoms with Crippen LogP contribution in [-0.4, -0.2) is 46.1 Å². The lowest BCUT2D eigenvalue weighted by molar-refractivity contribution is -0.143. The van der Waals surface area contributed by atoms with Gasteiger partial charge in [-0.05, 0) is 56.4 Å². The first-order valence-electron chi connectivity index (χ1n) is 13.3. The van der Waals surface area contributed by atoms with Crippen molar-refractivity contribution in [2.24, 2.45) is 5.92 Å². The van der Waals surface area contributed by atoms with Gasteiger partial charge in [0.05, 0.1) is 0 Å². The Kier molecular flexibility index (Phi) is 11.6. The summed E-state index contributed by atoms with van der Waals surface area (Å²) in [4.78, 5) is 41.9. The largest absolute Gasteiger partial charge is 0.508 e. The summed E-state index contributed by atoms with van der Waals surface area (Å²) >= 11 is 0. The average Bonchev–Trinajstić information content (AvgIpc) is 2.84. The van der Waals surface area contributed by atoms with Gasteiger partial charge in [-0.15, -0.1) is 0 Å². The van der Waals surface area contributed by atoms with Crippen LogP contribution < -0.4 is 10.6 Å². The molecule has 8 heteroatoms. The predicted octanol–water partition coefficient (Wildman–Crippen LogP) is 5.32. The molecule has 3 N–H and O–H groups in total. The highest BCUT2D eigenvalue weighted by molar-refractivity contribution is 5.92. The number of phenolic OH excluding ortho intramolecular Hbond substituents is 1. The molecule has 3 amide bonds. The summed E-state index contributed by atoms with van der Waals surface area (Å²) in [5.74, 6) is -1.02. The van der Waals surface area contributed by atoms with E-state index in [1.807, 2.05) is 44.2 Å². The Balaban J connectivity index is 2.45. The van der Waals surface area contributed by atoms with Crippen molar-refractivity contribution < 1.29 is 24.2 Å². The summed E-state index contributed by atoms with van der Waals surface area (Å²) in [7, 11) is 0. The van der Waals surface area contributed by atoms with Gasteiger partial charge in [0.2, 0.25) is 11.8 Å². The minimum Gasteiger partial charge on any atom is -0.508 e. The van der Waals surface area contributed by atoms with E-state index in [1.54, 1.807) is 32.9 Å². The number of aromatic hydroxyl groups is 1. The van der Waals surface area contributed by atoms with Crippen LogP contribution in [0.2, 0.25) is 0 Å². The monoisotopic (exact) mass is 525 g/mol. The Morgan fingerprint density at radius 2 is 1.68 bits per heavy atom. The molecule has 2 aromatic carbocycles. The number of amides is 3. The second-order valence-corrected chi connectivity index (χ2v) is 10.8. The molecule has 0 fully saturated rings. The SMILES string of the molecule is CCCCCN(C(=O)C(NC(=O)OC(C)(C)C)C(C)C)C(C(=O)NCc1ccccc1)c1cccc(O)c1. The minimum absolute atomic E-state index is 0.00314. The van der Waals surface area contributed by atoms with Crippen LogP contribution in [0, 0.1) is 5.92 Å². The van der Waals surface area contributed by atoms with Crippen molar-refractivity contribution in [1.82, 2.24) is 15.5 Å². The zero-order valence-corrected chi connectivity index (χ0v) is 23.5. The minimum atomic E-state index is -1.00. The maximum Gasteiger partial charge on any atom is 0.408 e. The van der Waals surface area contributed by atoms with E-state index in [9.17, 15) is 19.5 Å². The number of benzene rings is 2. The Morgan fingerprint density at radius 1 is 1.00 bits per heavy atom. The molecule has 0 saturated heterocycles. The number of nitrogens with one attached hydrogen (secondary N) is 2. The molecule has 0 aliphatic rings. The van der Waals surface area contributed by atoms with E-state index in [2.05, 4.69) is 17.6 Å². The van der Waals surface area contributed by atoms with Crippen LogP contribution in [0.15, 0.2) is 54.6 Å². The Hall–Kier alpha value is -3.55. The number of hydrogen-bond acceptors (Lipinski definition) is 5. The van der Waals surface area contributed by atoms with Gasteiger partial charge in [0.15, 0.2) is 0 Å². The summed E-state index contributed by atoms with van der Waals surface area (Å²) in [5, 5.41) is 15.9. The third kappa shape index (κ3) is 9.72. The standard InChI is InChI=1S/C30H43N3O5/c1-7-8-12-18-33(28(36)25(21(2)3)32-29(37)38-30(4,5)6)26(23-16-13-17-24(34)19-23)27(35)31-20-22-14-10-9-11-15-22/h9-11,13-17,19,21,25-26,34H,7-8,12,18,20H2,1-6H3,(H,31,35)(H,32,37). The van der Waals surface area contributed by atoms with E-state index in [-0.39, 0.29) is 30.0 Å². The average molecular weight is 526 g/mol.